The van der Waals surface area contributed by atoms with E-state index >= 15 is 0 Å². The van der Waals surface area contributed by atoms with Crippen molar-refractivity contribution < 1.29 is 4.79 Å². The number of nitrogens with zero attached hydrogens (tertiary/aromatic N) is 3. The minimum atomic E-state index is -0.400. The van der Waals surface area contributed by atoms with Crippen molar-refractivity contribution in [2.24, 2.45) is 5.41 Å². The molecule has 21 heavy (non-hydrogen) atoms. The molecule has 2 N–H and O–H groups in total. The lowest BCUT2D eigenvalue weighted by atomic mass is 9.89. The molecule has 112 valence electrons. The zero-order valence-electron chi connectivity index (χ0n) is 12.9. The summed E-state index contributed by atoms with van der Waals surface area (Å²) in [6, 6.07) is 0. The van der Waals surface area contributed by atoms with Gasteiger partial charge in [0.15, 0.2) is 11.4 Å². The molecule has 0 fully saturated rings. The Labute approximate surface area is 124 Å². The van der Waals surface area contributed by atoms with Gasteiger partial charge in [-0.2, -0.15) is 5.10 Å². The zero-order chi connectivity index (χ0) is 15.2. The van der Waals surface area contributed by atoms with Gasteiger partial charge in [0.05, 0.1) is 28.5 Å². The second kappa shape index (κ2) is 4.83. The SMILES string of the molecule is CCCCCn1ncc2c(N)c3c(nc21)CC(C)(C)C3=O. The molecular formula is C16H22N4O. The molecule has 0 saturated carbocycles. The van der Waals surface area contributed by atoms with Crippen LogP contribution in [0.25, 0.3) is 11.0 Å². The molecule has 0 atom stereocenters. The van der Waals surface area contributed by atoms with Crippen LogP contribution >= 0.6 is 0 Å². The maximum absolute atomic E-state index is 12.5. The van der Waals surface area contributed by atoms with E-state index in [4.69, 9.17) is 10.7 Å². The van der Waals surface area contributed by atoms with Gasteiger partial charge in [-0.3, -0.25) is 4.79 Å². The summed E-state index contributed by atoms with van der Waals surface area (Å²) in [7, 11) is 0. The number of carbonyl (C=O) groups is 1. The van der Waals surface area contributed by atoms with E-state index in [1.54, 1.807) is 6.20 Å². The standard InChI is InChI=1S/C16H22N4O/c1-4-5-6-7-20-15-10(9-18-20)13(17)12-11(19-15)8-16(2,3)14(12)21/h9H,4-8H2,1-3H3,(H2,17,19). The first-order valence-corrected chi connectivity index (χ1v) is 7.64. The number of hydrogen-bond donors (Lipinski definition) is 1. The fourth-order valence-electron chi connectivity index (χ4n) is 3.05. The number of nitrogen functional groups attached to an aromatic ring is 1. The number of hydrogen-bond acceptors (Lipinski definition) is 4. The van der Waals surface area contributed by atoms with Gasteiger partial charge >= 0.3 is 0 Å². The Bertz CT molecular complexity index is 715. The van der Waals surface area contributed by atoms with Crippen molar-refractivity contribution in [2.75, 3.05) is 5.73 Å². The van der Waals surface area contributed by atoms with Crippen molar-refractivity contribution >= 4 is 22.5 Å². The number of carbonyl (C=O) groups excluding carboxylic acids is 1. The van der Waals surface area contributed by atoms with Gasteiger partial charge in [0, 0.05) is 18.4 Å². The quantitative estimate of drug-likeness (QED) is 0.877. The second-order valence-corrected chi connectivity index (χ2v) is 6.55. The molecular weight excluding hydrogens is 264 g/mol. The average Bonchev–Trinajstić information content (AvgIpc) is 2.91. The predicted molar refractivity (Wildman–Crippen MR) is 83.3 cm³/mol. The molecule has 5 heteroatoms. The Morgan fingerprint density at radius 2 is 2.14 bits per heavy atom. The van der Waals surface area contributed by atoms with Gasteiger partial charge in [-0.1, -0.05) is 33.6 Å². The van der Waals surface area contributed by atoms with E-state index in [9.17, 15) is 4.79 Å². The lowest BCUT2D eigenvalue weighted by molar-refractivity contribution is 0.0864. The van der Waals surface area contributed by atoms with Gasteiger partial charge in [0.25, 0.3) is 0 Å². The molecule has 2 heterocycles. The van der Waals surface area contributed by atoms with Crippen molar-refractivity contribution in [3.63, 3.8) is 0 Å². The molecule has 0 amide bonds. The maximum Gasteiger partial charge on any atom is 0.172 e. The minimum absolute atomic E-state index is 0.100. The number of aryl methyl sites for hydroxylation is 1. The van der Waals surface area contributed by atoms with Crippen LogP contribution in [0.4, 0.5) is 5.69 Å². The van der Waals surface area contributed by atoms with Crippen LogP contribution in [-0.2, 0) is 13.0 Å². The molecule has 0 aliphatic heterocycles. The fraction of sp³-hybridized carbons (Fsp3) is 0.562. The summed E-state index contributed by atoms with van der Waals surface area (Å²) in [5.74, 6) is 0.100. The van der Waals surface area contributed by atoms with Crippen LogP contribution in [-0.4, -0.2) is 20.5 Å². The van der Waals surface area contributed by atoms with E-state index in [2.05, 4.69) is 12.0 Å². The number of anilines is 1. The smallest absolute Gasteiger partial charge is 0.172 e. The number of Topliss-reactive ketones (excluding diaryl/α,β-unsaturated/α-hetero) is 1. The molecule has 0 bridgehead atoms. The Kier molecular flexibility index (Phi) is 3.23. The molecule has 0 unspecified atom stereocenters. The van der Waals surface area contributed by atoms with Gasteiger partial charge in [0.2, 0.25) is 0 Å². The van der Waals surface area contributed by atoms with Crippen LogP contribution in [0.3, 0.4) is 0 Å². The predicted octanol–water partition coefficient (Wildman–Crippen LogP) is 2.97. The highest BCUT2D eigenvalue weighted by atomic mass is 16.1. The maximum atomic E-state index is 12.5. The molecule has 2 aromatic heterocycles. The molecule has 3 rings (SSSR count). The van der Waals surface area contributed by atoms with Crippen molar-refractivity contribution in [3.8, 4) is 0 Å². The largest absolute Gasteiger partial charge is 0.397 e. The van der Waals surface area contributed by atoms with Gasteiger partial charge < -0.3 is 5.73 Å². The number of aromatic nitrogens is 3. The topological polar surface area (TPSA) is 73.8 Å². The summed E-state index contributed by atoms with van der Waals surface area (Å²) >= 11 is 0. The van der Waals surface area contributed by atoms with Crippen molar-refractivity contribution in [1.82, 2.24) is 14.8 Å². The summed E-state index contributed by atoms with van der Waals surface area (Å²) in [5.41, 5.74) is 8.63. The van der Waals surface area contributed by atoms with Crippen LogP contribution in [0.2, 0.25) is 0 Å². The summed E-state index contributed by atoms with van der Waals surface area (Å²) in [5, 5.41) is 5.19. The first kappa shape index (κ1) is 14.0. The lowest BCUT2D eigenvalue weighted by Gasteiger charge is -2.12. The van der Waals surface area contributed by atoms with Gasteiger partial charge in [-0.15, -0.1) is 0 Å². The van der Waals surface area contributed by atoms with Crippen LogP contribution in [0.1, 0.15) is 56.1 Å². The summed E-state index contributed by atoms with van der Waals surface area (Å²) in [6.45, 7) is 6.93. The minimum Gasteiger partial charge on any atom is -0.397 e. The van der Waals surface area contributed by atoms with Crippen LogP contribution in [0.5, 0.6) is 0 Å². The lowest BCUT2D eigenvalue weighted by Crippen LogP contribution is -2.19. The highest BCUT2D eigenvalue weighted by Crippen LogP contribution is 2.40. The van der Waals surface area contributed by atoms with Crippen LogP contribution < -0.4 is 5.73 Å². The van der Waals surface area contributed by atoms with E-state index in [1.165, 1.54) is 12.8 Å². The number of unbranched alkanes of at least 4 members (excludes halogenated alkanes) is 2. The highest BCUT2D eigenvalue weighted by Gasteiger charge is 2.40. The molecule has 2 aromatic rings. The van der Waals surface area contributed by atoms with E-state index in [0.29, 0.717) is 17.7 Å². The van der Waals surface area contributed by atoms with E-state index in [1.807, 2.05) is 18.5 Å². The summed E-state index contributed by atoms with van der Waals surface area (Å²) in [6.07, 6.45) is 5.82. The van der Waals surface area contributed by atoms with E-state index < -0.39 is 5.41 Å². The van der Waals surface area contributed by atoms with Crippen LogP contribution in [0.15, 0.2) is 6.20 Å². The number of ketones is 1. The van der Waals surface area contributed by atoms with E-state index in [-0.39, 0.29) is 5.78 Å². The Morgan fingerprint density at radius 1 is 1.38 bits per heavy atom. The first-order chi connectivity index (χ1) is 9.95. The second-order valence-electron chi connectivity index (χ2n) is 6.55. The van der Waals surface area contributed by atoms with Crippen LogP contribution in [0, 0.1) is 5.41 Å². The fourth-order valence-corrected chi connectivity index (χ4v) is 3.05. The third-order valence-electron chi connectivity index (χ3n) is 4.33. The molecule has 0 spiro atoms. The zero-order valence-corrected chi connectivity index (χ0v) is 12.9. The van der Waals surface area contributed by atoms with Gasteiger partial charge in [-0.25, -0.2) is 9.67 Å². The van der Waals surface area contributed by atoms with Crippen molar-refractivity contribution in [2.45, 2.75) is 53.0 Å². The molecule has 0 radical (unpaired) electrons. The average molecular weight is 286 g/mol. The Balaban J connectivity index is 2.07. The van der Waals surface area contributed by atoms with Gasteiger partial charge in [0.1, 0.15) is 0 Å². The molecule has 0 saturated heterocycles. The third-order valence-corrected chi connectivity index (χ3v) is 4.33. The van der Waals surface area contributed by atoms with Gasteiger partial charge in [-0.05, 0) is 6.42 Å². The normalized spacial score (nSPS) is 16.6. The number of pyridine rings is 1. The molecule has 1 aliphatic rings. The van der Waals surface area contributed by atoms with Crippen molar-refractivity contribution in [3.05, 3.63) is 17.5 Å². The Hall–Kier alpha value is -1.91. The van der Waals surface area contributed by atoms with E-state index in [0.717, 1.165) is 29.7 Å². The highest BCUT2D eigenvalue weighted by molar-refractivity contribution is 6.12. The summed E-state index contributed by atoms with van der Waals surface area (Å²) in [4.78, 5) is 17.2. The monoisotopic (exact) mass is 286 g/mol. The first-order valence-electron chi connectivity index (χ1n) is 7.64. The molecule has 1 aliphatic carbocycles. The number of nitrogens with two attached hydrogens (primary N) is 1. The molecule has 0 aromatic carbocycles. The number of rotatable bonds is 4. The third kappa shape index (κ3) is 2.11. The number of fused-ring (bicyclic) bond motifs is 2. The van der Waals surface area contributed by atoms with Crippen molar-refractivity contribution in [1.29, 1.82) is 0 Å². The Morgan fingerprint density at radius 3 is 2.86 bits per heavy atom. The summed E-state index contributed by atoms with van der Waals surface area (Å²) < 4.78 is 1.91. The molecule has 5 nitrogen and oxygen atoms in total.